The number of benzene rings is 3. The molecule has 1 N–H and O–H groups in total. The van der Waals surface area contributed by atoms with Gasteiger partial charge in [0.2, 0.25) is 15.9 Å². The number of hydrogen-bond donors (Lipinski definition) is 1. The maximum absolute atomic E-state index is 12.5. The van der Waals surface area contributed by atoms with Crippen LogP contribution in [0.2, 0.25) is 0 Å². The summed E-state index contributed by atoms with van der Waals surface area (Å²) in [6, 6.07) is 20.1. The van der Waals surface area contributed by atoms with E-state index in [9.17, 15) is 13.2 Å². The van der Waals surface area contributed by atoms with Crippen molar-refractivity contribution in [3.63, 3.8) is 0 Å². The summed E-state index contributed by atoms with van der Waals surface area (Å²) in [5.74, 6) is 0.770. The van der Waals surface area contributed by atoms with Crippen LogP contribution in [-0.2, 0) is 14.8 Å². The monoisotopic (exact) mass is 410 g/mol. The van der Waals surface area contributed by atoms with Gasteiger partial charge in [0.25, 0.3) is 0 Å². The van der Waals surface area contributed by atoms with Crippen molar-refractivity contribution < 1.29 is 17.9 Å². The molecule has 0 saturated carbocycles. The molecule has 0 radical (unpaired) electrons. The van der Waals surface area contributed by atoms with Crippen LogP contribution < -0.4 is 14.4 Å². The fourth-order valence-corrected chi connectivity index (χ4v) is 4.42. The van der Waals surface area contributed by atoms with Crippen LogP contribution in [0.4, 0.5) is 5.69 Å². The Kier molecular flexibility index (Phi) is 5.51. The van der Waals surface area contributed by atoms with E-state index in [4.69, 9.17) is 4.74 Å². The Hall–Kier alpha value is -2.90. The van der Waals surface area contributed by atoms with Crippen molar-refractivity contribution >= 4 is 32.4 Å². The van der Waals surface area contributed by atoms with Gasteiger partial charge in [-0.1, -0.05) is 30.3 Å². The highest BCUT2D eigenvalue weighted by Crippen LogP contribution is 2.23. The van der Waals surface area contributed by atoms with Gasteiger partial charge in [0.1, 0.15) is 12.4 Å². The standard InChI is InChI=1S/C22H22N2O4S/c25-22-6-3-14-24(22)19-8-11-21(12-9-19)29(26,27)23-13-15-28-20-10-7-17-4-1-2-5-18(17)16-20/h1-2,4-5,7-12,16,23H,3,6,13-15H2. The van der Waals surface area contributed by atoms with Crippen molar-refractivity contribution in [2.24, 2.45) is 0 Å². The van der Waals surface area contributed by atoms with Gasteiger partial charge in [0, 0.05) is 25.2 Å². The first-order chi connectivity index (χ1) is 14.0. The third-order valence-electron chi connectivity index (χ3n) is 4.92. The zero-order valence-electron chi connectivity index (χ0n) is 15.9. The van der Waals surface area contributed by atoms with Crippen LogP contribution in [0.1, 0.15) is 12.8 Å². The lowest BCUT2D eigenvalue weighted by molar-refractivity contribution is -0.117. The van der Waals surface area contributed by atoms with Crippen LogP contribution in [0.3, 0.4) is 0 Å². The number of carbonyl (C=O) groups excluding carboxylic acids is 1. The minimum Gasteiger partial charge on any atom is -0.492 e. The fraction of sp³-hybridized carbons (Fsp3) is 0.227. The first-order valence-electron chi connectivity index (χ1n) is 9.55. The van der Waals surface area contributed by atoms with Gasteiger partial charge in [-0.3, -0.25) is 4.79 Å². The molecular formula is C22H22N2O4S. The average molecular weight is 410 g/mol. The highest BCUT2D eigenvalue weighted by molar-refractivity contribution is 7.89. The number of hydrogen-bond acceptors (Lipinski definition) is 4. The molecule has 3 aromatic carbocycles. The van der Waals surface area contributed by atoms with Gasteiger partial charge in [-0.15, -0.1) is 0 Å². The predicted octanol–water partition coefficient (Wildman–Crippen LogP) is 3.32. The number of fused-ring (bicyclic) bond motifs is 1. The lowest BCUT2D eigenvalue weighted by Crippen LogP contribution is -2.28. The van der Waals surface area contributed by atoms with E-state index in [1.165, 1.54) is 12.1 Å². The van der Waals surface area contributed by atoms with Crippen molar-refractivity contribution in [1.82, 2.24) is 4.72 Å². The van der Waals surface area contributed by atoms with E-state index in [-0.39, 0.29) is 24.0 Å². The maximum Gasteiger partial charge on any atom is 0.240 e. The smallest absolute Gasteiger partial charge is 0.240 e. The molecule has 0 aliphatic carbocycles. The van der Waals surface area contributed by atoms with Gasteiger partial charge in [0.15, 0.2) is 0 Å². The second-order valence-corrected chi connectivity index (χ2v) is 8.66. The normalized spacial score (nSPS) is 14.5. The summed E-state index contributed by atoms with van der Waals surface area (Å²) in [4.78, 5) is 13.6. The molecule has 0 atom stereocenters. The third kappa shape index (κ3) is 4.41. The average Bonchev–Trinajstić information content (AvgIpc) is 3.17. The molecule has 150 valence electrons. The summed E-state index contributed by atoms with van der Waals surface area (Å²) in [5.41, 5.74) is 0.728. The highest BCUT2D eigenvalue weighted by Gasteiger charge is 2.22. The van der Waals surface area contributed by atoms with Gasteiger partial charge >= 0.3 is 0 Å². The Morgan fingerprint density at radius 1 is 0.966 bits per heavy atom. The number of carbonyl (C=O) groups is 1. The van der Waals surface area contributed by atoms with Crippen molar-refractivity contribution in [2.75, 3.05) is 24.6 Å². The SMILES string of the molecule is O=C1CCCN1c1ccc(S(=O)(=O)NCCOc2ccc3ccccc3c2)cc1. The molecule has 1 amide bonds. The molecule has 0 unspecified atom stereocenters. The molecule has 1 aliphatic rings. The van der Waals surface area contributed by atoms with E-state index < -0.39 is 10.0 Å². The molecule has 1 aliphatic heterocycles. The van der Waals surface area contributed by atoms with E-state index >= 15 is 0 Å². The first-order valence-corrected chi connectivity index (χ1v) is 11.0. The van der Waals surface area contributed by atoms with E-state index in [0.717, 1.165) is 22.9 Å². The zero-order valence-corrected chi connectivity index (χ0v) is 16.7. The van der Waals surface area contributed by atoms with Crippen molar-refractivity contribution in [1.29, 1.82) is 0 Å². The number of nitrogens with zero attached hydrogens (tertiary/aromatic N) is 1. The quantitative estimate of drug-likeness (QED) is 0.606. The van der Waals surface area contributed by atoms with Crippen LogP contribution in [0.15, 0.2) is 71.6 Å². The molecule has 1 saturated heterocycles. The van der Waals surface area contributed by atoms with E-state index in [2.05, 4.69) is 4.72 Å². The highest BCUT2D eigenvalue weighted by atomic mass is 32.2. The molecule has 4 rings (SSSR count). The summed E-state index contributed by atoms with van der Waals surface area (Å²) in [7, 11) is -3.64. The van der Waals surface area contributed by atoms with Crippen molar-refractivity contribution in [2.45, 2.75) is 17.7 Å². The molecule has 6 nitrogen and oxygen atoms in total. The number of amides is 1. The van der Waals surface area contributed by atoms with Crippen LogP contribution in [0.25, 0.3) is 10.8 Å². The van der Waals surface area contributed by atoms with Crippen molar-refractivity contribution in [3.8, 4) is 5.75 Å². The second kappa shape index (κ2) is 8.23. The molecular weight excluding hydrogens is 388 g/mol. The number of sulfonamides is 1. The largest absolute Gasteiger partial charge is 0.492 e. The first kappa shape index (κ1) is 19.4. The molecule has 1 heterocycles. The Balaban J connectivity index is 1.33. The molecule has 3 aromatic rings. The Bertz CT molecular complexity index is 1130. The van der Waals surface area contributed by atoms with Gasteiger partial charge in [0.05, 0.1) is 4.90 Å². The summed E-state index contributed by atoms with van der Waals surface area (Å²) >= 11 is 0. The zero-order chi connectivity index (χ0) is 20.3. The Labute approximate surface area is 170 Å². The lowest BCUT2D eigenvalue weighted by atomic mass is 10.1. The number of ether oxygens (including phenoxy) is 1. The predicted molar refractivity (Wildman–Crippen MR) is 113 cm³/mol. The van der Waals surface area contributed by atoms with Gasteiger partial charge in [-0.25, -0.2) is 13.1 Å². The maximum atomic E-state index is 12.5. The van der Waals surface area contributed by atoms with Gasteiger partial charge in [-0.2, -0.15) is 0 Å². The summed E-state index contributed by atoms with van der Waals surface area (Å²) < 4.78 is 33.2. The number of anilines is 1. The minimum atomic E-state index is -3.64. The van der Waals surface area contributed by atoms with E-state index in [1.54, 1.807) is 17.0 Å². The van der Waals surface area contributed by atoms with E-state index in [0.29, 0.717) is 18.7 Å². The third-order valence-corrected chi connectivity index (χ3v) is 6.39. The topological polar surface area (TPSA) is 75.7 Å². The second-order valence-electron chi connectivity index (χ2n) is 6.90. The van der Waals surface area contributed by atoms with E-state index in [1.807, 2.05) is 42.5 Å². The number of nitrogens with one attached hydrogen (secondary N) is 1. The number of rotatable bonds is 7. The van der Waals surface area contributed by atoms with Crippen LogP contribution in [-0.4, -0.2) is 34.0 Å². The van der Waals surface area contributed by atoms with Gasteiger partial charge < -0.3 is 9.64 Å². The molecule has 0 bridgehead atoms. The molecule has 1 fully saturated rings. The Morgan fingerprint density at radius 2 is 1.72 bits per heavy atom. The molecule has 7 heteroatoms. The molecule has 0 spiro atoms. The minimum absolute atomic E-state index is 0.0737. The summed E-state index contributed by atoms with van der Waals surface area (Å²) in [6.07, 6.45) is 1.37. The fourth-order valence-electron chi connectivity index (χ4n) is 3.41. The lowest BCUT2D eigenvalue weighted by Gasteiger charge is -2.16. The molecule has 0 aromatic heterocycles. The van der Waals surface area contributed by atoms with Crippen molar-refractivity contribution in [3.05, 3.63) is 66.7 Å². The summed E-state index contributed by atoms with van der Waals surface area (Å²) in [6.45, 7) is 1.05. The van der Waals surface area contributed by atoms with Crippen LogP contribution >= 0.6 is 0 Å². The van der Waals surface area contributed by atoms with Crippen LogP contribution in [0, 0.1) is 0 Å². The Morgan fingerprint density at radius 3 is 2.45 bits per heavy atom. The van der Waals surface area contributed by atoms with Crippen LogP contribution in [0.5, 0.6) is 5.75 Å². The molecule has 29 heavy (non-hydrogen) atoms. The van der Waals surface area contributed by atoms with Gasteiger partial charge in [-0.05, 0) is 53.6 Å². The summed E-state index contributed by atoms with van der Waals surface area (Å²) in [5, 5.41) is 2.20.